The first kappa shape index (κ1) is 12.3. The summed E-state index contributed by atoms with van der Waals surface area (Å²) < 4.78 is 0. The molecule has 0 aliphatic carbocycles. The molecule has 1 aromatic carbocycles. The second-order valence-corrected chi connectivity index (χ2v) is 5.21. The van der Waals surface area contributed by atoms with Crippen LogP contribution in [0.2, 0.25) is 0 Å². The van der Waals surface area contributed by atoms with Gasteiger partial charge in [0.05, 0.1) is 5.92 Å². The third-order valence-corrected chi connectivity index (χ3v) is 3.61. The van der Waals surface area contributed by atoms with E-state index in [0.717, 1.165) is 25.3 Å². The van der Waals surface area contributed by atoms with Gasteiger partial charge in [0.25, 0.3) is 0 Å². The fourth-order valence-electron chi connectivity index (χ4n) is 2.05. The average Bonchev–Trinajstić information content (AvgIpc) is 2.38. The number of thioether (sulfide) groups is 1. The predicted molar refractivity (Wildman–Crippen MR) is 73.5 cm³/mol. The maximum atomic E-state index is 11.9. The summed E-state index contributed by atoms with van der Waals surface area (Å²) in [6.45, 7) is 1.50. The minimum atomic E-state index is 0.0618. The highest BCUT2D eigenvalue weighted by atomic mass is 32.2. The molecule has 1 unspecified atom stereocenters. The molecule has 1 heterocycles. The molecule has 1 aromatic rings. The van der Waals surface area contributed by atoms with Gasteiger partial charge in [0.15, 0.2) is 0 Å². The zero-order valence-electron chi connectivity index (χ0n) is 10.0. The van der Waals surface area contributed by atoms with Crippen LogP contribution in [0.25, 0.3) is 0 Å². The van der Waals surface area contributed by atoms with Gasteiger partial charge in [-0.25, -0.2) is 0 Å². The summed E-state index contributed by atoms with van der Waals surface area (Å²) in [5, 5.41) is 6.30. The van der Waals surface area contributed by atoms with E-state index in [4.69, 9.17) is 0 Å². The van der Waals surface area contributed by atoms with Crippen LogP contribution in [0.5, 0.6) is 0 Å². The van der Waals surface area contributed by atoms with E-state index in [-0.39, 0.29) is 11.8 Å². The number of amides is 1. The van der Waals surface area contributed by atoms with Crippen molar-refractivity contribution < 1.29 is 4.79 Å². The van der Waals surface area contributed by atoms with E-state index in [1.165, 1.54) is 11.3 Å². The standard InChI is InChI=1S/C13H18N2OS/c1-17-7-6-14-13(16)11-8-10-4-2-3-5-12(10)15-9-11/h2-5,11,15H,6-9H2,1H3,(H,14,16). The Kier molecular flexibility index (Phi) is 4.31. The second kappa shape index (κ2) is 5.96. The Bertz CT molecular complexity index is 395. The van der Waals surface area contributed by atoms with Crippen molar-refractivity contribution in [3.63, 3.8) is 0 Å². The lowest BCUT2D eigenvalue weighted by molar-refractivity contribution is -0.124. The van der Waals surface area contributed by atoms with E-state index in [1.807, 2.05) is 18.4 Å². The van der Waals surface area contributed by atoms with Crippen LogP contribution < -0.4 is 10.6 Å². The maximum Gasteiger partial charge on any atom is 0.225 e. The highest BCUT2D eigenvalue weighted by Crippen LogP contribution is 2.24. The van der Waals surface area contributed by atoms with Crippen LogP contribution in [-0.2, 0) is 11.2 Å². The Balaban J connectivity index is 1.91. The lowest BCUT2D eigenvalue weighted by atomic mass is 9.93. The van der Waals surface area contributed by atoms with Crippen LogP contribution in [-0.4, -0.2) is 31.0 Å². The number of rotatable bonds is 4. The van der Waals surface area contributed by atoms with Crippen LogP contribution in [0, 0.1) is 5.92 Å². The van der Waals surface area contributed by atoms with E-state index >= 15 is 0 Å². The molecule has 0 spiro atoms. The molecule has 0 radical (unpaired) electrons. The molecular formula is C13H18N2OS. The van der Waals surface area contributed by atoms with Crippen molar-refractivity contribution in [1.82, 2.24) is 5.32 Å². The van der Waals surface area contributed by atoms with E-state index in [1.54, 1.807) is 11.8 Å². The van der Waals surface area contributed by atoms with Crippen molar-refractivity contribution in [3.05, 3.63) is 29.8 Å². The number of hydrogen-bond donors (Lipinski definition) is 2. The van der Waals surface area contributed by atoms with Gasteiger partial charge < -0.3 is 10.6 Å². The van der Waals surface area contributed by atoms with Gasteiger partial charge in [-0.1, -0.05) is 18.2 Å². The summed E-state index contributed by atoms with van der Waals surface area (Å²) in [4.78, 5) is 11.9. The van der Waals surface area contributed by atoms with Crippen molar-refractivity contribution >= 4 is 23.4 Å². The second-order valence-electron chi connectivity index (χ2n) is 4.22. The van der Waals surface area contributed by atoms with Crippen molar-refractivity contribution in [2.24, 2.45) is 5.92 Å². The Morgan fingerprint density at radius 2 is 2.35 bits per heavy atom. The van der Waals surface area contributed by atoms with Gasteiger partial charge in [-0.05, 0) is 24.3 Å². The number of fused-ring (bicyclic) bond motifs is 1. The van der Waals surface area contributed by atoms with Crippen LogP contribution >= 0.6 is 11.8 Å². The third kappa shape index (κ3) is 3.16. The quantitative estimate of drug-likeness (QED) is 0.800. The molecule has 2 N–H and O–H groups in total. The van der Waals surface area contributed by atoms with Crippen LogP contribution in [0.15, 0.2) is 24.3 Å². The van der Waals surface area contributed by atoms with Gasteiger partial charge in [-0.3, -0.25) is 4.79 Å². The van der Waals surface area contributed by atoms with Crippen molar-refractivity contribution in [1.29, 1.82) is 0 Å². The largest absolute Gasteiger partial charge is 0.384 e. The van der Waals surface area contributed by atoms with Gasteiger partial charge >= 0.3 is 0 Å². The Hall–Kier alpha value is -1.16. The number of para-hydroxylation sites is 1. The summed E-state index contributed by atoms with van der Waals surface area (Å²) in [6.07, 6.45) is 2.89. The van der Waals surface area contributed by atoms with Gasteiger partial charge in [-0.15, -0.1) is 0 Å². The first-order valence-electron chi connectivity index (χ1n) is 5.89. The third-order valence-electron chi connectivity index (χ3n) is 3.00. The Labute approximate surface area is 106 Å². The molecule has 92 valence electrons. The van der Waals surface area contributed by atoms with Crippen LogP contribution in [0.4, 0.5) is 5.69 Å². The molecule has 1 amide bonds. The monoisotopic (exact) mass is 250 g/mol. The number of anilines is 1. The maximum absolute atomic E-state index is 11.9. The molecule has 1 aliphatic heterocycles. The fourth-order valence-corrected chi connectivity index (χ4v) is 2.35. The van der Waals surface area contributed by atoms with Crippen LogP contribution in [0.1, 0.15) is 5.56 Å². The van der Waals surface area contributed by atoms with Gasteiger partial charge in [0.2, 0.25) is 5.91 Å². The lowest BCUT2D eigenvalue weighted by Gasteiger charge is -2.25. The number of hydrogen-bond acceptors (Lipinski definition) is 3. The summed E-state index contributed by atoms with van der Waals surface area (Å²) in [7, 11) is 0. The summed E-state index contributed by atoms with van der Waals surface area (Å²) >= 11 is 1.75. The topological polar surface area (TPSA) is 41.1 Å². The number of benzene rings is 1. The molecule has 17 heavy (non-hydrogen) atoms. The van der Waals surface area contributed by atoms with Crippen molar-refractivity contribution in [2.75, 3.05) is 30.4 Å². The summed E-state index contributed by atoms with van der Waals surface area (Å²) in [5.41, 5.74) is 2.41. The Morgan fingerprint density at radius 1 is 1.53 bits per heavy atom. The minimum absolute atomic E-state index is 0.0618. The Morgan fingerprint density at radius 3 is 3.18 bits per heavy atom. The van der Waals surface area contributed by atoms with Gasteiger partial charge in [0.1, 0.15) is 0 Å². The molecule has 3 nitrogen and oxygen atoms in total. The van der Waals surface area contributed by atoms with Crippen LogP contribution in [0.3, 0.4) is 0 Å². The highest BCUT2D eigenvalue weighted by molar-refractivity contribution is 7.98. The molecule has 0 fully saturated rings. The molecular weight excluding hydrogens is 232 g/mol. The molecule has 1 aliphatic rings. The molecule has 2 rings (SSSR count). The molecule has 0 aromatic heterocycles. The van der Waals surface area contributed by atoms with E-state index in [2.05, 4.69) is 22.8 Å². The van der Waals surface area contributed by atoms with E-state index in [9.17, 15) is 4.79 Å². The molecule has 0 saturated heterocycles. The van der Waals surface area contributed by atoms with Gasteiger partial charge in [0, 0.05) is 24.5 Å². The molecule has 1 atom stereocenters. The molecule has 0 bridgehead atoms. The normalized spacial score (nSPS) is 18.1. The first-order valence-corrected chi connectivity index (χ1v) is 7.29. The van der Waals surface area contributed by atoms with E-state index < -0.39 is 0 Å². The lowest BCUT2D eigenvalue weighted by Crippen LogP contribution is -2.39. The summed E-state index contributed by atoms with van der Waals surface area (Å²) in [5.74, 6) is 1.20. The molecule has 0 saturated carbocycles. The predicted octanol–water partition coefficient (Wildman–Crippen LogP) is 1.75. The SMILES string of the molecule is CSCCNC(=O)C1CNc2ccccc2C1. The average molecular weight is 250 g/mol. The highest BCUT2D eigenvalue weighted by Gasteiger charge is 2.23. The zero-order valence-corrected chi connectivity index (χ0v) is 10.8. The summed E-state index contributed by atoms with van der Waals surface area (Å²) in [6, 6.07) is 8.19. The van der Waals surface area contributed by atoms with Gasteiger partial charge in [-0.2, -0.15) is 11.8 Å². The number of carbonyl (C=O) groups is 1. The minimum Gasteiger partial charge on any atom is -0.384 e. The smallest absolute Gasteiger partial charge is 0.225 e. The van der Waals surface area contributed by atoms with E-state index in [0.29, 0.717) is 0 Å². The first-order chi connectivity index (χ1) is 8.31. The van der Waals surface area contributed by atoms with Crippen molar-refractivity contribution in [3.8, 4) is 0 Å². The fraction of sp³-hybridized carbons (Fsp3) is 0.462. The molecule has 4 heteroatoms. The zero-order chi connectivity index (χ0) is 12.1. The van der Waals surface area contributed by atoms with Crippen molar-refractivity contribution in [2.45, 2.75) is 6.42 Å². The number of carbonyl (C=O) groups excluding carboxylic acids is 1. The number of nitrogens with one attached hydrogen (secondary N) is 2.